The molecule has 0 aliphatic carbocycles. The molecule has 0 aromatic carbocycles. The summed E-state index contributed by atoms with van der Waals surface area (Å²) in [5.74, 6) is 0.926. The predicted molar refractivity (Wildman–Crippen MR) is 81.6 cm³/mol. The summed E-state index contributed by atoms with van der Waals surface area (Å²) in [7, 11) is 0. The summed E-state index contributed by atoms with van der Waals surface area (Å²) in [6, 6.07) is 3.76. The molecule has 7 heteroatoms. The molecule has 22 heavy (non-hydrogen) atoms. The van der Waals surface area contributed by atoms with E-state index in [1.807, 2.05) is 26.0 Å². The van der Waals surface area contributed by atoms with Crippen LogP contribution in [0.5, 0.6) is 0 Å². The molecule has 1 saturated heterocycles. The van der Waals surface area contributed by atoms with Crippen molar-refractivity contribution in [2.75, 3.05) is 18.0 Å². The third-order valence-electron chi connectivity index (χ3n) is 3.47. The number of nitrogens with zero attached hydrogens (tertiary/aromatic N) is 4. The average molecular weight is 301 g/mol. The zero-order valence-electron chi connectivity index (χ0n) is 12.7. The second-order valence-electron chi connectivity index (χ2n) is 5.65. The van der Waals surface area contributed by atoms with Gasteiger partial charge in [0.2, 0.25) is 5.82 Å². The monoisotopic (exact) mass is 301 g/mol. The van der Waals surface area contributed by atoms with E-state index in [4.69, 9.17) is 4.52 Å². The maximum Gasteiger partial charge on any atom is 0.316 e. The largest absolute Gasteiger partial charge is 0.357 e. The Hall–Kier alpha value is -2.44. The van der Waals surface area contributed by atoms with Crippen molar-refractivity contribution < 1.29 is 9.32 Å². The van der Waals surface area contributed by atoms with E-state index in [2.05, 4.69) is 25.3 Å². The average Bonchev–Trinajstić information content (AvgIpc) is 3.18. The summed E-state index contributed by atoms with van der Waals surface area (Å²) in [6.45, 7) is 5.79. The van der Waals surface area contributed by atoms with E-state index in [1.165, 1.54) is 12.8 Å². The number of aromatic nitrogens is 3. The standard InChI is InChI=1S/C15H19N5O2/c1-10(2)17-14(21)15-18-13(19-22-15)11-5-6-16-12(9-11)20-7-3-4-8-20/h5-6,9-10H,3-4,7-8H2,1-2H3,(H,17,21). The Balaban J connectivity index is 1.81. The van der Waals surface area contributed by atoms with Crippen LogP contribution in [0.25, 0.3) is 11.4 Å². The Labute approximate surface area is 128 Å². The summed E-state index contributed by atoms with van der Waals surface area (Å²) < 4.78 is 5.04. The first-order valence-corrected chi connectivity index (χ1v) is 7.49. The molecule has 3 rings (SSSR count). The van der Waals surface area contributed by atoms with Gasteiger partial charge < -0.3 is 14.7 Å². The fraction of sp³-hybridized carbons (Fsp3) is 0.467. The summed E-state index contributed by atoms with van der Waals surface area (Å²) in [6.07, 6.45) is 4.11. The zero-order chi connectivity index (χ0) is 15.5. The highest BCUT2D eigenvalue weighted by atomic mass is 16.5. The van der Waals surface area contributed by atoms with Crippen molar-refractivity contribution >= 4 is 11.7 Å². The van der Waals surface area contributed by atoms with Gasteiger partial charge in [-0.25, -0.2) is 4.98 Å². The topological polar surface area (TPSA) is 84.2 Å². The molecule has 2 aromatic rings. The van der Waals surface area contributed by atoms with Crippen LogP contribution >= 0.6 is 0 Å². The molecule has 1 N–H and O–H groups in total. The molecule has 0 spiro atoms. The highest BCUT2D eigenvalue weighted by Crippen LogP contribution is 2.23. The van der Waals surface area contributed by atoms with E-state index in [0.717, 1.165) is 24.5 Å². The minimum atomic E-state index is -0.359. The van der Waals surface area contributed by atoms with Crippen molar-refractivity contribution in [3.05, 3.63) is 24.2 Å². The van der Waals surface area contributed by atoms with Crippen LogP contribution < -0.4 is 10.2 Å². The van der Waals surface area contributed by atoms with Crippen molar-refractivity contribution in [1.29, 1.82) is 0 Å². The van der Waals surface area contributed by atoms with Crippen molar-refractivity contribution in [2.45, 2.75) is 32.7 Å². The normalized spacial score (nSPS) is 14.6. The molecule has 7 nitrogen and oxygen atoms in total. The van der Waals surface area contributed by atoms with Gasteiger partial charge in [-0.1, -0.05) is 5.16 Å². The molecule has 2 aromatic heterocycles. The fourth-order valence-electron chi connectivity index (χ4n) is 2.43. The third kappa shape index (κ3) is 3.08. The first kappa shape index (κ1) is 14.5. The molecule has 1 aliphatic rings. The third-order valence-corrected chi connectivity index (χ3v) is 3.47. The van der Waals surface area contributed by atoms with Gasteiger partial charge >= 0.3 is 11.8 Å². The number of anilines is 1. The second kappa shape index (κ2) is 6.13. The van der Waals surface area contributed by atoms with Gasteiger partial charge in [0.05, 0.1) is 0 Å². The fourth-order valence-corrected chi connectivity index (χ4v) is 2.43. The van der Waals surface area contributed by atoms with Gasteiger partial charge in [-0.2, -0.15) is 4.98 Å². The van der Waals surface area contributed by atoms with Gasteiger partial charge in [0.25, 0.3) is 0 Å². The molecule has 1 fully saturated rings. The van der Waals surface area contributed by atoms with Crippen molar-refractivity contribution in [3.8, 4) is 11.4 Å². The van der Waals surface area contributed by atoms with Crippen LogP contribution in [0.3, 0.4) is 0 Å². The van der Waals surface area contributed by atoms with Crippen LogP contribution in [0, 0.1) is 0 Å². The second-order valence-corrected chi connectivity index (χ2v) is 5.65. The Morgan fingerprint density at radius 2 is 2.14 bits per heavy atom. The van der Waals surface area contributed by atoms with Crippen LogP contribution in [-0.4, -0.2) is 40.2 Å². The number of rotatable bonds is 4. The highest BCUT2D eigenvalue weighted by molar-refractivity contribution is 5.90. The first-order valence-electron chi connectivity index (χ1n) is 7.49. The van der Waals surface area contributed by atoms with E-state index >= 15 is 0 Å². The maximum absolute atomic E-state index is 11.8. The minimum absolute atomic E-state index is 0.0190. The van der Waals surface area contributed by atoms with Crippen molar-refractivity contribution in [1.82, 2.24) is 20.4 Å². The summed E-state index contributed by atoms with van der Waals surface area (Å²) in [5, 5.41) is 6.61. The Morgan fingerprint density at radius 3 is 2.86 bits per heavy atom. The molecular formula is C15H19N5O2. The number of hydrogen-bond acceptors (Lipinski definition) is 6. The highest BCUT2D eigenvalue weighted by Gasteiger charge is 2.18. The smallest absolute Gasteiger partial charge is 0.316 e. The number of hydrogen-bond donors (Lipinski definition) is 1. The maximum atomic E-state index is 11.8. The summed E-state index contributed by atoms with van der Waals surface area (Å²) >= 11 is 0. The van der Waals surface area contributed by atoms with Crippen LogP contribution in [0.15, 0.2) is 22.9 Å². The van der Waals surface area contributed by atoms with E-state index < -0.39 is 0 Å². The molecule has 3 heterocycles. The Bertz CT molecular complexity index is 661. The number of amides is 1. The molecule has 0 saturated carbocycles. The van der Waals surface area contributed by atoms with Gasteiger partial charge in [0.1, 0.15) is 5.82 Å². The van der Waals surface area contributed by atoms with E-state index in [0.29, 0.717) is 5.82 Å². The van der Waals surface area contributed by atoms with Gasteiger partial charge in [0.15, 0.2) is 0 Å². The zero-order valence-corrected chi connectivity index (χ0v) is 12.7. The molecule has 1 amide bonds. The van der Waals surface area contributed by atoms with E-state index in [-0.39, 0.29) is 17.8 Å². The number of pyridine rings is 1. The molecule has 0 radical (unpaired) electrons. The van der Waals surface area contributed by atoms with Gasteiger partial charge in [0, 0.05) is 30.9 Å². The summed E-state index contributed by atoms with van der Waals surface area (Å²) in [5.41, 5.74) is 0.796. The molecular weight excluding hydrogens is 282 g/mol. The molecule has 0 unspecified atom stereocenters. The Kier molecular flexibility index (Phi) is 4.04. The molecule has 1 aliphatic heterocycles. The minimum Gasteiger partial charge on any atom is -0.357 e. The van der Waals surface area contributed by atoms with Gasteiger partial charge in [-0.05, 0) is 38.8 Å². The van der Waals surface area contributed by atoms with Crippen molar-refractivity contribution in [3.63, 3.8) is 0 Å². The van der Waals surface area contributed by atoms with Gasteiger partial charge in [-0.3, -0.25) is 4.79 Å². The SMILES string of the molecule is CC(C)NC(=O)c1nc(-c2ccnc(N3CCCC3)c2)no1. The lowest BCUT2D eigenvalue weighted by Crippen LogP contribution is -2.30. The van der Waals surface area contributed by atoms with Crippen molar-refractivity contribution in [2.24, 2.45) is 0 Å². The Morgan fingerprint density at radius 1 is 1.36 bits per heavy atom. The molecule has 116 valence electrons. The quantitative estimate of drug-likeness (QED) is 0.928. The predicted octanol–water partition coefficient (Wildman–Crippen LogP) is 1.87. The number of carbonyl (C=O) groups excluding carboxylic acids is 1. The van der Waals surface area contributed by atoms with E-state index in [1.54, 1.807) is 6.20 Å². The lowest BCUT2D eigenvalue weighted by Gasteiger charge is -2.16. The number of carbonyl (C=O) groups is 1. The first-order chi connectivity index (χ1) is 10.6. The van der Waals surface area contributed by atoms with Crippen LogP contribution in [0.2, 0.25) is 0 Å². The van der Waals surface area contributed by atoms with Crippen LogP contribution in [0.4, 0.5) is 5.82 Å². The molecule has 0 bridgehead atoms. The number of nitrogens with one attached hydrogen (secondary N) is 1. The van der Waals surface area contributed by atoms with Crippen LogP contribution in [0.1, 0.15) is 37.4 Å². The lowest BCUT2D eigenvalue weighted by atomic mass is 10.2. The molecule has 0 atom stereocenters. The lowest BCUT2D eigenvalue weighted by molar-refractivity contribution is 0.0899. The van der Waals surface area contributed by atoms with E-state index in [9.17, 15) is 4.79 Å². The van der Waals surface area contributed by atoms with Crippen LogP contribution in [-0.2, 0) is 0 Å². The van der Waals surface area contributed by atoms with Gasteiger partial charge in [-0.15, -0.1) is 0 Å². The summed E-state index contributed by atoms with van der Waals surface area (Å²) in [4.78, 5) is 22.6.